The molecule has 1 amide bonds. The molecule has 27 heavy (non-hydrogen) atoms. The number of anilines is 1. The van der Waals surface area contributed by atoms with Crippen molar-refractivity contribution in [1.29, 1.82) is 0 Å². The zero-order chi connectivity index (χ0) is 20.0. The number of ether oxygens (including phenoxy) is 1. The van der Waals surface area contributed by atoms with Gasteiger partial charge in [0.05, 0.1) is 13.2 Å². The first kappa shape index (κ1) is 20.6. The summed E-state index contributed by atoms with van der Waals surface area (Å²) in [4.78, 5) is 25.8. The van der Waals surface area contributed by atoms with Crippen molar-refractivity contribution in [1.82, 2.24) is 4.90 Å². The lowest BCUT2D eigenvalue weighted by molar-refractivity contribution is -0.120. The van der Waals surface area contributed by atoms with E-state index in [-0.39, 0.29) is 17.4 Å². The van der Waals surface area contributed by atoms with Crippen LogP contribution in [0.15, 0.2) is 42.5 Å². The number of hydrogen-bond acceptors (Lipinski definition) is 4. The van der Waals surface area contributed by atoms with Gasteiger partial charge in [0.2, 0.25) is 5.91 Å². The zero-order valence-electron chi connectivity index (χ0n) is 16.1. The number of amides is 1. The maximum Gasteiger partial charge on any atom is 0.241 e. The predicted molar refractivity (Wildman–Crippen MR) is 104 cm³/mol. The first-order valence-corrected chi connectivity index (χ1v) is 8.84. The summed E-state index contributed by atoms with van der Waals surface area (Å²) in [5.41, 5.74) is 1.99. The molecule has 0 aliphatic rings. The number of methoxy groups -OCH3 is 1. The third-order valence-corrected chi connectivity index (χ3v) is 4.49. The van der Waals surface area contributed by atoms with Crippen molar-refractivity contribution in [2.24, 2.45) is 0 Å². The summed E-state index contributed by atoms with van der Waals surface area (Å²) < 4.78 is 18.8. The van der Waals surface area contributed by atoms with E-state index in [1.807, 2.05) is 18.7 Å². The van der Waals surface area contributed by atoms with Gasteiger partial charge in [-0.3, -0.25) is 14.5 Å². The van der Waals surface area contributed by atoms with Gasteiger partial charge in [-0.2, -0.15) is 0 Å². The van der Waals surface area contributed by atoms with Crippen LogP contribution >= 0.6 is 0 Å². The van der Waals surface area contributed by atoms with Gasteiger partial charge in [0.25, 0.3) is 0 Å². The lowest BCUT2D eigenvalue weighted by atomic mass is 10.1. The molecule has 2 aromatic carbocycles. The van der Waals surface area contributed by atoms with E-state index in [4.69, 9.17) is 4.74 Å². The number of Topliss-reactive ketones (excluding diaryl/α,β-unsaturated/α-hetero) is 1. The topological polar surface area (TPSA) is 58.6 Å². The fourth-order valence-corrected chi connectivity index (χ4v) is 2.77. The molecule has 0 radical (unpaired) electrons. The number of hydrogen-bond donors (Lipinski definition) is 1. The molecule has 2 rings (SSSR count). The Morgan fingerprint density at radius 1 is 1.19 bits per heavy atom. The summed E-state index contributed by atoms with van der Waals surface area (Å²) in [7, 11) is 1.42. The Morgan fingerprint density at radius 3 is 2.37 bits per heavy atom. The second kappa shape index (κ2) is 9.28. The molecule has 144 valence electrons. The number of likely N-dealkylation sites (N-methyl/N-ethyl adjacent to an activating group) is 1. The highest BCUT2D eigenvalue weighted by Crippen LogP contribution is 2.19. The van der Waals surface area contributed by atoms with Gasteiger partial charge in [-0.25, -0.2) is 4.39 Å². The van der Waals surface area contributed by atoms with E-state index in [0.717, 1.165) is 5.56 Å². The van der Waals surface area contributed by atoms with Gasteiger partial charge in [-0.05, 0) is 62.4 Å². The molecular formula is C21H25FN2O3. The van der Waals surface area contributed by atoms with E-state index < -0.39 is 11.9 Å². The summed E-state index contributed by atoms with van der Waals surface area (Å²) in [6.45, 7) is 6.32. The van der Waals surface area contributed by atoms with Crippen LogP contribution in [0.4, 0.5) is 10.1 Å². The Bertz CT molecular complexity index is 806. The molecule has 0 bridgehead atoms. The highest BCUT2D eigenvalue weighted by atomic mass is 19.1. The predicted octanol–water partition coefficient (Wildman–Crippen LogP) is 3.89. The first-order valence-electron chi connectivity index (χ1n) is 8.84. The second-order valence-corrected chi connectivity index (χ2v) is 6.33. The normalized spacial score (nSPS) is 11.9. The fraction of sp³-hybridized carbons (Fsp3) is 0.333. The number of ketones is 1. The smallest absolute Gasteiger partial charge is 0.241 e. The molecule has 0 heterocycles. The van der Waals surface area contributed by atoms with Crippen molar-refractivity contribution in [3.05, 3.63) is 59.4 Å². The van der Waals surface area contributed by atoms with Crippen LogP contribution in [0.3, 0.4) is 0 Å². The molecule has 0 saturated carbocycles. The molecule has 6 heteroatoms. The van der Waals surface area contributed by atoms with Crippen LogP contribution in [-0.2, 0) is 11.3 Å². The van der Waals surface area contributed by atoms with Gasteiger partial charge in [0.15, 0.2) is 17.3 Å². The lowest BCUT2D eigenvalue weighted by Crippen LogP contribution is -2.41. The van der Waals surface area contributed by atoms with Crippen LogP contribution in [0.1, 0.15) is 36.7 Å². The van der Waals surface area contributed by atoms with Gasteiger partial charge in [0, 0.05) is 17.8 Å². The summed E-state index contributed by atoms with van der Waals surface area (Å²) >= 11 is 0. The summed E-state index contributed by atoms with van der Waals surface area (Å²) in [6, 6.07) is 11.2. The molecule has 1 atom stereocenters. The van der Waals surface area contributed by atoms with Crippen LogP contribution in [0.25, 0.3) is 0 Å². The molecule has 0 spiro atoms. The number of halogens is 1. The monoisotopic (exact) mass is 372 g/mol. The van der Waals surface area contributed by atoms with Crippen LogP contribution in [0.2, 0.25) is 0 Å². The maximum atomic E-state index is 13.9. The first-order chi connectivity index (χ1) is 12.8. The van der Waals surface area contributed by atoms with Crippen molar-refractivity contribution >= 4 is 17.4 Å². The lowest BCUT2D eigenvalue weighted by Gasteiger charge is -2.27. The average molecular weight is 372 g/mol. The zero-order valence-corrected chi connectivity index (χ0v) is 16.1. The third kappa shape index (κ3) is 5.37. The van der Waals surface area contributed by atoms with Gasteiger partial charge < -0.3 is 10.1 Å². The van der Waals surface area contributed by atoms with E-state index in [2.05, 4.69) is 5.32 Å². The molecular weight excluding hydrogens is 347 g/mol. The molecule has 2 aromatic rings. The number of nitrogens with zero attached hydrogens (tertiary/aromatic N) is 1. The molecule has 0 aliphatic carbocycles. The van der Waals surface area contributed by atoms with Crippen LogP contribution in [0, 0.1) is 5.82 Å². The molecule has 1 N–H and O–H groups in total. The SMILES string of the molecule is CCN(Cc1ccc(OC)c(F)c1)[C@H](C)C(=O)Nc1ccc(C(C)=O)cc1. The summed E-state index contributed by atoms with van der Waals surface area (Å²) in [6.07, 6.45) is 0. The minimum atomic E-state index is -0.422. The molecule has 5 nitrogen and oxygen atoms in total. The number of carbonyl (C=O) groups is 2. The quantitative estimate of drug-likeness (QED) is 0.715. The largest absolute Gasteiger partial charge is 0.494 e. The van der Waals surface area contributed by atoms with Crippen molar-refractivity contribution < 1.29 is 18.7 Å². The highest BCUT2D eigenvalue weighted by molar-refractivity contribution is 5.96. The summed E-state index contributed by atoms with van der Waals surface area (Å²) in [5.74, 6) is -0.415. The second-order valence-electron chi connectivity index (χ2n) is 6.33. The number of nitrogens with one attached hydrogen (secondary N) is 1. The van der Waals surface area contributed by atoms with Crippen LogP contribution < -0.4 is 10.1 Å². The van der Waals surface area contributed by atoms with E-state index in [1.165, 1.54) is 20.1 Å². The molecule has 0 fully saturated rings. The van der Waals surface area contributed by atoms with E-state index in [9.17, 15) is 14.0 Å². The Hall–Kier alpha value is -2.73. The number of rotatable bonds is 8. The van der Waals surface area contributed by atoms with Gasteiger partial charge >= 0.3 is 0 Å². The Balaban J connectivity index is 2.04. The summed E-state index contributed by atoms with van der Waals surface area (Å²) in [5, 5.41) is 2.85. The molecule has 0 unspecified atom stereocenters. The highest BCUT2D eigenvalue weighted by Gasteiger charge is 2.21. The van der Waals surface area contributed by atoms with Crippen molar-refractivity contribution in [2.75, 3.05) is 19.0 Å². The maximum absolute atomic E-state index is 13.9. The van der Waals surface area contributed by atoms with E-state index >= 15 is 0 Å². The molecule has 0 aromatic heterocycles. The third-order valence-electron chi connectivity index (χ3n) is 4.49. The molecule has 0 aliphatic heterocycles. The van der Waals surface area contributed by atoms with E-state index in [0.29, 0.717) is 24.3 Å². The average Bonchev–Trinajstić information content (AvgIpc) is 2.66. The Kier molecular flexibility index (Phi) is 7.07. The Morgan fingerprint density at radius 2 is 1.85 bits per heavy atom. The van der Waals surface area contributed by atoms with Crippen molar-refractivity contribution in [2.45, 2.75) is 33.4 Å². The van der Waals surface area contributed by atoms with Gasteiger partial charge in [-0.15, -0.1) is 0 Å². The standard InChI is InChI=1S/C21H25FN2O3/c1-5-24(13-16-6-11-20(27-4)19(22)12-16)14(2)21(26)23-18-9-7-17(8-10-18)15(3)25/h6-12,14H,5,13H2,1-4H3,(H,23,26)/t14-/m1/s1. The van der Waals surface area contributed by atoms with Gasteiger partial charge in [-0.1, -0.05) is 13.0 Å². The number of benzene rings is 2. The minimum absolute atomic E-state index is 0.0230. The van der Waals surface area contributed by atoms with Crippen LogP contribution in [0.5, 0.6) is 5.75 Å². The Labute approximate surface area is 159 Å². The number of carbonyl (C=O) groups excluding carboxylic acids is 2. The van der Waals surface area contributed by atoms with E-state index in [1.54, 1.807) is 36.4 Å². The fourth-order valence-electron chi connectivity index (χ4n) is 2.77. The van der Waals surface area contributed by atoms with Crippen molar-refractivity contribution in [3.8, 4) is 5.75 Å². The molecule has 0 saturated heterocycles. The van der Waals surface area contributed by atoms with Gasteiger partial charge in [0.1, 0.15) is 0 Å². The minimum Gasteiger partial charge on any atom is -0.494 e. The van der Waals surface area contributed by atoms with Crippen molar-refractivity contribution in [3.63, 3.8) is 0 Å². The van der Waals surface area contributed by atoms with Crippen LogP contribution in [-0.4, -0.2) is 36.3 Å².